The third-order valence-corrected chi connectivity index (χ3v) is 5.05. The predicted octanol–water partition coefficient (Wildman–Crippen LogP) is 3.02. The molecule has 7 nitrogen and oxygen atoms in total. The van der Waals surface area contributed by atoms with Crippen molar-refractivity contribution < 1.29 is 14.2 Å². The molecule has 0 saturated heterocycles. The van der Waals surface area contributed by atoms with Gasteiger partial charge in [0.15, 0.2) is 5.96 Å². The van der Waals surface area contributed by atoms with Gasteiger partial charge >= 0.3 is 0 Å². The van der Waals surface area contributed by atoms with E-state index < -0.39 is 0 Å². The zero-order chi connectivity index (χ0) is 22.1. The van der Waals surface area contributed by atoms with Crippen LogP contribution in [-0.4, -0.2) is 71.8 Å². The summed E-state index contributed by atoms with van der Waals surface area (Å²) in [5.74, 6) is 3.23. The lowest BCUT2D eigenvalue weighted by Crippen LogP contribution is -2.42. The third-order valence-electron chi connectivity index (χ3n) is 5.05. The molecule has 0 saturated carbocycles. The quantitative estimate of drug-likeness (QED) is 0.503. The molecule has 1 N–H and O–H groups in total. The number of methoxy groups -OCH3 is 3. The van der Waals surface area contributed by atoms with Crippen LogP contribution in [0, 0.1) is 0 Å². The van der Waals surface area contributed by atoms with E-state index in [0.717, 1.165) is 35.3 Å². The topological polar surface area (TPSA) is 58.6 Å². The third kappa shape index (κ3) is 6.03. The van der Waals surface area contributed by atoms with Gasteiger partial charge in [0.2, 0.25) is 0 Å². The Morgan fingerprint density at radius 1 is 0.933 bits per heavy atom. The standard InChI is InChI=1S/C23H34N4O3/c1-24-23(27(4)16-18-10-13-20(29-6)14-22(18)30-7)25-15-21(26(2)3)17-8-11-19(28-5)12-9-17/h8-14,21H,15-16H2,1-7H3,(H,24,25). The summed E-state index contributed by atoms with van der Waals surface area (Å²) in [6, 6.07) is 14.2. The second-order valence-corrected chi connectivity index (χ2v) is 7.21. The van der Waals surface area contributed by atoms with Crippen molar-refractivity contribution >= 4 is 5.96 Å². The molecule has 2 aromatic carbocycles. The van der Waals surface area contributed by atoms with E-state index in [4.69, 9.17) is 14.2 Å². The number of likely N-dealkylation sites (N-methyl/N-ethyl adjacent to an activating group) is 1. The van der Waals surface area contributed by atoms with Crippen molar-refractivity contribution in [2.45, 2.75) is 12.6 Å². The zero-order valence-electron chi connectivity index (χ0n) is 19.1. The van der Waals surface area contributed by atoms with Crippen molar-refractivity contribution in [3.05, 3.63) is 53.6 Å². The Bertz CT molecular complexity index is 822. The van der Waals surface area contributed by atoms with E-state index in [1.165, 1.54) is 5.56 Å². The fraction of sp³-hybridized carbons (Fsp3) is 0.435. The molecule has 1 atom stereocenters. The molecule has 30 heavy (non-hydrogen) atoms. The normalized spacial score (nSPS) is 12.5. The Balaban J connectivity index is 2.07. The maximum Gasteiger partial charge on any atom is 0.193 e. The van der Waals surface area contributed by atoms with E-state index in [1.807, 2.05) is 37.4 Å². The molecule has 0 spiro atoms. The van der Waals surface area contributed by atoms with E-state index in [1.54, 1.807) is 28.4 Å². The molecule has 0 aromatic heterocycles. The Kier molecular flexibility index (Phi) is 8.80. The predicted molar refractivity (Wildman–Crippen MR) is 122 cm³/mol. The first-order valence-corrected chi connectivity index (χ1v) is 9.86. The average Bonchev–Trinajstić information content (AvgIpc) is 2.76. The highest BCUT2D eigenvalue weighted by molar-refractivity contribution is 5.79. The number of rotatable bonds is 9. The van der Waals surface area contributed by atoms with Gasteiger partial charge in [-0.25, -0.2) is 0 Å². The summed E-state index contributed by atoms with van der Waals surface area (Å²) in [5, 5.41) is 3.50. The minimum Gasteiger partial charge on any atom is -0.497 e. The number of hydrogen-bond acceptors (Lipinski definition) is 5. The Labute approximate surface area is 180 Å². The summed E-state index contributed by atoms with van der Waals surface area (Å²) < 4.78 is 16.1. The second-order valence-electron chi connectivity index (χ2n) is 7.21. The number of guanidine groups is 1. The lowest BCUT2D eigenvalue weighted by Gasteiger charge is -2.29. The van der Waals surface area contributed by atoms with Gasteiger partial charge in [0.25, 0.3) is 0 Å². The van der Waals surface area contributed by atoms with E-state index in [-0.39, 0.29) is 6.04 Å². The smallest absolute Gasteiger partial charge is 0.193 e. The number of aliphatic imine (C=N–C) groups is 1. The molecule has 2 rings (SSSR count). The molecule has 0 fully saturated rings. The number of ether oxygens (including phenoxy) is 3. The summed E-state index contributed by atoms with van der Waals surface area (Å²) in [6.45, 7) is 1.37. The summed E-state index contributed by atoms with van der Waals surface area (Å²) in [7, 11) is 12.9. The van der Waals surface area contributed by atoms with Gasteiger partial charge in [-0.15, -0.1) is 0 Å². The molecule has 0 aliphatic carbocycles. The van der Waals surface area contributed by atoms with Crippen LogP contribution in [0.1, 0.15) is 17.2 Å². The van der Waals surface area contributed by atoms with Crippen molar-refractivity contribution in [1.29, 1.82) is 0 Å². The molecule has 0 aliphatic rings. The van der Waals surface area contributed by atoms with Crippen LogP contribution in [0.2, 0.25) is 0 Å². The lowest BCUT2D eigenvalue weighted by molar-refractivity contribution is 0.295. The maximum atomic E-state index is 5.52. The van der Waals surface area contributed by atoms with E-state index >= 15 is 0 Å². The lowest BCUT2D eigenvalue weighted by atomic mass is 10.1. The summed E-state index contributed by atoms with van der Waals surface area (Å²) in [6.07, 6.45) is 0. The van der Waals surface area contributed by atoms with Gasteiger partial charge in [0.1, 0.15) is 17.2 Å². The number of nitrogens with one attached hydrogen (secondary N) is 1. The highest BCUT2D eigenvalue weighted by Crippen LogP contribution is 2.25. The maximum absolute atomic E-state index is 5.52. The van der Waals surface area contributed by atoms with E-state index in [0.29, 0.717) is 6.54 Å². The number of benzene rings is 2. The summed E-state index contributed by atoms with van der Waals surface area (Å²) in [5.41, 5.74) is 2.27. The minimum atomic E-state index is 0.191. The van der Waals surface area contributed by atoms with Crippen LogP contribution in [-0.2, 0) is 6.54 Å². The molecule has 0 amide bonds. The van der Waals surface area contributed by atoms with Gasteiger partial charge in [0.05, 0.1) is 27.4 Å². The first-order chi connectivity index (χ1) is 14.4. The molecule has 2 aromatic rings. The van der Waals surface area contributed by atoms with Crippen molar-refractivity contribution in [3.63, 3.8) is 0 Å². The zero-order valence-corrected chi connectivity index (χ0v) is 19.1. The van der Waals surface area contributed by atoms with Gasteiger partial charge in [-0.2, -0.15) is 0 Å². The fourth-order valence-corrected chi connectivity index (χ4v) is 3.31. The first-order valence-electron chi connectivity index (χ1n) is 9.86. The monoisotopic (exact) mass is 414 g/mol. The van der Waals surface area contributed by atoms with Crippen LogP contribution in [0.4, 0.5) is 0 Å². The molecule has 0 aliphatic heterocycles. The SMILES string of the molecule is CN=C(NCC(c1ccc(OC)cc1)N(C)C)N(C)Cc1ccc(OC)cc1OC. The van der Waals surface area contributed by atoms with Crippen LogP contribution >= 0.6 is 0 Å². The van der Waals surface area contributed by atoms with Gasteiger partial charge in [-0.05, 0) is 43.9 Å². The molecule has 164 valence electrons. The van der Waals surface area contributed by atoms with Crippen LogP contribution in [0.15, 0.2) is 47.5 Å². The average molecular weight is 415 g/mol. The van der Waals surface area contributed by atoms with Crippen molar-refractivity contribution in [2.75, 3.05) is 56.1 Å². The highest BCUT2D eigenvalue weighted by atomic mass is 16.5. The van der Waals surface area contributed by atoms with Gasteiger partial charge in [0, 0.05) is 38.8 Å². The van der Waals surface area contributed by atoms with Crippen LogP contribution < -0.4 is 19.5 Å². The summed E-state index contributed by atoms with van der Waals surface area (Å²) >= 11 is 0. The van der Waals surface area contributed by atoms with E-state index in [9.17, 15) is 0 Å². The van der Waals surface area contributed by atoms with Crippen LogP contribution in [0.5, 0.6) is 17.2 Å². The molecule has 0 radical (unpaired) electrons. The molecule has 0 heterocycles. The fourth-order valence-electron chi connectivity index (χ4n) is 3.31. The Hall–Kier alpha value is -2.93. The molecule has 0 bridgehead atoms. The van der Waals surface area contributed by atoms with Gasteiger partial charge in [-0.1, -0.05) is 12.1 Å². The minimum absolute atomic E-state index is 0.191. The molecular formula is C23H34N4O3. The second kappa shape index (κ2) is 11.3. The Morgan fingerprint density at radius 2 is 1.57 bits per heavy atom. The Morgan fingerprint density at radius 3 is 2.10 bits per heavy atom. The summed E-state index contributed by atoms with van der Waals surface area (Å²) in [4.78, 5) is 8.72. The first kappa shape index (κ1) is 23.3. The number of hydrogen-bond donors (Lipinski definition) is 1. The highest BCUT2D eigenvalue weighted by Gasteiger charge is 2.17. The number of nitrogens with zero attached hydrogens (tertiary/aromatic N) is 3. The van der Waals surface area contributed by atoms with Gasteiger partial charge in [-0.3, -0.25) is 4.99 Å². The largest absolute Gasteiger partial charge is 0.497 e. The van der Waals surface area contributed by atoms with Crippen molar-refractivity contribution in [2.24, 2.45) is 4.99 Å². The van der Waals surface area contributed by atoms with Crippen molar-refractivity contribution in [1.82, 2.24) is 15.1 Å². The van der Waals surface area contributed by atoms with Crippen LogP contribution in [0.3, 0.4) is 0 Å². The molecular weight excluding hydrogens is 380 g/mol. The van der Waals surface area contributed by atoms with Gasteiger partial charge < -0.3 is 29.3 Å². The van der Waals surface area contributed by atoms with Crippen molar-refractivity contribution in [3.8, 4) is 17.2 Å². The van der Waals surface area contributed by atoms with E-state index in [2.05, 4.69) is 46.3 Å². The molecule has 7 heteroatoms. The molecule has 1 unspecified atom stereocenters. The van der Waals surface area contributed by atoms with Crippen LogP contribution in [0.25, 0.3) is 0 Å².